The molecule has 2 aromatic carbocycles. The molecule has 0 spiro atoms. The highest BCUT2D eigenvalue weighted by Gasteiger charge is 2.33. The van der Waals surface area contributed by atoms with Crippen LogP contribution in [-0.4, -0.2) is 41.9 Å². The molecule has 0 aromatic heterocycles. The molecule has 7 nitrogen and oxygen atoms in total. The number of halogens is 1. The minimum atomic E-state index is -1.02. The Morgan fingerprint density at radius 2 is 1.90 bits per heavy atom. The van der Waals surface area contributed by atoms with Crippen molar-refractivity contribution in [1.82, 2.24) is 5.01 Å². The maximum Gasteiger partial charge on any atom is 0.303 e. The second-order valence-corrected chi connectivity index (χ2v) is 7.44. The van der Waals surface area contributed by atoms with Gasteiger partial charge in [-0.2, -0.15) is 5.10 Å². The fourth-order valence-corrected chi connectivity index (χ4v) is 3.63. The number of hydrazone groups is 1. The smallest absolute Gasteiger partial charge is 0.303 e. The molecular formula is C21H21BrN2O5. The van der Waals surface area contributed by atoms with Crippen LogP contribution >= 0.6 is 15.9 Å². The van der Waals surface area contributed by atoms with E-state index in [0.29, 0.717) is 17.9 Å². The summed E-state index contributed by atoms with van der Waals surface area (Å²) in [6.45, 7) is 0. The third-order valence-electron chi connectivity index (χ3n) is 4.67. The molecule has 1 atom stereocenters. The number of carboxylic acids is 1. The molecule has 0 fully saturated rings. The van der Waals surface area contributed by atoms with E-state index in [-0.39, 0.29) is 24.8 Å². The van der Waals surface area contributed by atoms with E-state index in [0.717, 1.165) is 21.3 Å². The van der Waals surface area contributed by atoms with Crippen LogP contribution in [0.4, 0.5) is 0 Å². The number of hydrogen-bond donors (Lipinski definition) is 1. The van der Waals surface area contributed by atoms with Gasteiger partial charge in [0.1, 0.15) is 0 Å². The molecule has 0 saturated carbocycles. The van der Waals surface area contributed by atoms with Gasteiger partial charge < -0.3 is 14.6 Å². The van der Waals surface area contributed by atoms with Crippen molar-refractivity contribution in [3.8, 4) is 11.5 Å². The average Bonchev–Trinajstić information content (AvgIpc) is 3.17. The van der Waals surface area contributed by atoms with Crippen LogP contribution in [0.5, 0.6) is 11.5 Å². The fourth-order valence-electron chi connectivity index (χ4n) is 3.23. The zero-order valence-electron chi connectivity index (χ0n) is 16.1. The highest BCUT2D eigenvalue weighted by Crippen LogP contribution is 2.37. The van der Waals surface area contributed by atoms with E-state index in [1.807, 2.05) is 36.4 Å². The maximum absolute atomic E-state index is 12.7. The molecule has 0 radical (unpaired) electrons. The Kier molecular flexibility index (Phi) is 6.53. The van der Waals surface area contributed by atoms with Gasteiger partial charge in [-0.3, -0.25) is 9.59 Å². The molecule has 0 bridgehead atoms. The SMILES string of the molecule is COc1ccc([C@@H]2CC(c3cccc(Br)c3)=NN2C(=O)CCC(=O)O)cc1OC. The molecule has 0 aliphatic carbocycles. The van der Waals surface area contributed by atoms with Crippen LogP contribution in [0, 0.1) is 0 Å². The second kappa shape index (κ2) is 9.09. The van der Waals surface area contributed by atoms with E-state index in [1.165, 1.54) is 5.01 Å². The first-order valence-corrected chi connectivity index (χ1v) is 9.81. The molecule has 152 valence electrons. The van der Waals surface area contributed by atoms with Crippen molar-refractivity contribution in [1.29, 1.82) is 0 Å². The topological polar surface area (TPSA) is 88.4 Å². The summed E-state index contributed by atoms with van der Waals surface area (Å²) in [7, 11) is 3.11. The molecule has 1 amide bonds. The van der Waals surface area contributed by atoms with Crippen molar-refractivity contribution >= 4 is 33.5 Å². The van der Waals surface area contributed by atoms with Crippen molar-refractivity contribution in [2.75, 3.05) is 14.2 Å². The van der Waals surface area contributed by atoms with E-state index in [4.69, 9.17) is 14.6 Å². The maximum atomic E-state index is 12.7. The molecule has 0 unspecified atom stereocenters. The quantitative estimate of drug-likeness (QED) is 0.673. The van der Waals surface area contributed by atoms with Crippen molar-refractivity contribution in [3.05, 3.63) is 58.1 Å². The van der Waals surface area contributed by atoms with Crippen LogP contribution in [-0.2, 0) is 9.59 Å². The van der Waals surface area contributed by atoms with Gasteiger partial charge in [-0.25, -0.2) is 5.01 Å². The summed E-state index contributed by atoms with van der Waals surface area (Å²) in [6, 6.07) is 12.8. The van der Waals surface area contributed by atoms with Gasteiger partial charge in [0.15, 0.2) is 11.5 Å². The number of carbonyl (C=O) groups is 2. The number of ether oxygens (including phenoxy) is 2. The first kappa shape index (κ1) is 20.9. The second-order valence-electron chi connectivity index (χ2n) is 6.52. The van der Waals surface area contributed by atoms with Crippen LogP contribution in [0.1, 0.15) is 36.4 Å². The molecule has 1 N–H and O–H groups in total. The molecule has 8 heteroatoms. The lowest BCUT2D eigenvalue weighted by Crippen LogP contribution is -2.27. The third kappa shape index (κ3) is 4.76. The van der Waals surface area contributed by atoms with Crippen molar-refractivity contribution < 1.29 is 24.2 Å². The predicted molar refractivity (Wildman–Crippen MR) is 111 cm³/mol. The van der Waals surface area contributed by atoms with E-state index in [2.05, 4.69) is 21.0 Å². The number of rotatable bonds is 7. The normalized spacial score (nSPS) is 15.8. The molecule has 0 saturated heterocycles. The van der Waals surface area contributed by atoms with Gasteiger partial charge in [-0.05, 0) is 35.4 Å². The highest BCUT2D eigenvalue weighted by atomic mass is 79.9. The Labute approximate surface area is 177 Å². The van der Waals surface area contributed by atoms with Gasteiger partial charge >= 0.3 is 5.97 Å². The monoisotopic (exact) mass is 460 g/mol. The zero-order chi connectivity index (χ0) is 21.0. The Morgan fingerprint density at radius 1 is 1.14 bits per heavy atom. The van der Waals surface area contributed by atoms with Crippen molar-refractivity contribution in [3.63, 3.8) is 0 Å². The van der Waals surface area contributed by atoms with E-state index < -0.39 is 5.97 Å². The third-order valence-corrected chi connectivity index (χ3v) is 5.16. The summed E-state index contributed by atoms with van der Waals surface area (Å²) in [5.41, 5.74) is 2.49. The number of carboxylic acid groups (broad SMARTS) is 1. The number of hydrogen-bond acceptors (Lipinski definition) is 5. The molecule has 1 aliphatic heterocycles. The first-order chi connectivity index (χ1) is 13.9. The van der Waals surface area contributed by atoms with Crippen LogP contribution in [0.3, 0.4) is 0 Å². The lowest BCUT2D eigenvalue weighted by Gasteiger charge is -2.22. The molecule has 1 heterocycles. The number of carbonyl (C=O) groups excluding carboxylic acids is 1. The molecular weight excluding hydrogens is 440 g/mol. The lowest BCUT2D eigenvalue weighted by molar-refractivity contribution is -0.141. The number of benzene rings is 2. The molecule has 2 aromatic rings. The largest absolute Gasteiger partial charge is 0.493 e. The Balaban J connectivity index is 1.96. The highest BCUT2D eigenvalue weighted by molar-refractivity contribution is 9.10. The van der Waals surface area contributed by atoms with Gasteiger partial charge in [0, 0.05) is 17.3 Å². The van der Waals surface area contributed by atoms with Crippen molar-refractivity contribution in [2.45, 2.75) is 25.3 Å². The van der Waals surface area contributed by atoms with Crippen LogP contribution in [0.2, 0.25) is 0 Å². The minimum absolute atomic E-state index is 0.117. The van der Waals surface area contributed by atoms with E-state index in [9.17, 15) is 9.59 Å². The Morgan fingerprint density at radius 3 is 2.55 bits per heavy atom. The van der Waals surface area contributed by atoms with Crippen LogP contribution < -0.4 is 9.47 Å². The van der Waals surface area contributed by atoms with Gasteiger partial charge in [-0.15, -0.1) is 0 Å². The summed E-state index contributed by atoms with van der Waals surface area (Å²) >= 11 is 3.46. The molecule has 1 aliphatic rings. The fraction of sp³-hybridized carbons (Fsp3) is 0.286. The summed E-state index contributed by atoms with van der Waals surface area (Å²) in [6.07, 6.45) is 0.148. The van der Waals surface area contributed by atoms with Gasteiger partial charge in [0.25, 0.3) is 0 Å². The van der Waals surface area contributed by atoms with E-state index >= 15 is 0 Å². The molecule has 3 rings (SSSR count). The zero-order valence-corrected chi connectivity index (χ0v) is 17.7. The first-order valence-electron chi connectivity index (χ1n) is 9.02. The Hall–Kier alpha value is -2.87. The van der Waals surface area contributed by atoms with Gasteiger partial charge in [0.05, 0.1) is 32.4 Å². The minimum Gasteiger partial charge on any atom is -0.493 e. The molecule has 29 heavy (non-hydrogen) atoms. The average molecular weight is 461 g/mol. The van der Waals surface area contributed by atoms with Gasteiger partial charge in [0.2, 0.25) is 5.91 Å². The van der Waals surface area contributed by atoms with E-state index in [1.54, 1.807) is 20.3 Å². The number of amides is 1. The summed E-state index contributed by atoms with van der Waals surface area (Å²) < 4.78 is 11.6. The number of aliphatic carboxylic acids is 1. The van der Waals surface area contributed by atoms with Crippen LogP contribution in [0.25, 0.3) is 0 Å². The van der Waals surface area contributed by atoms with Crippen LogP contribution in [0.15, 0.2) is 52.0 Å². The summed E-state index contributed by atoms with van der Waals surface area (Å²) in [5, 5.41) is 14.9. The van der Waals surface area contributed by atoms with Crippen molar-refractivity contribution in [2.24, 2.45) is 5.10 Å². The lowest BCUT2D eigenvalue weighted by atomic mass is 9.98. The Bertz CT molecular complexity index is 960. The standard InChI is InChI=1S/C21H21BrN2O5/c1-28-18-7-6-14(11-19(18)29-2)17-12-16(13-4-3-5-15(22)10-13)23-24(17)20(25)8-9-21(26)27/h3-7,10-11,17H,8-9,12H2,1-2H3,(H,26,27)/t17-/m0/s1. The summed E-state index contributed by atoms with van der Waals surface area (Å²) in [5.74, 6) is -0.210. The number of nitrogens with zero attached hydrogens (tertiary/aromatic N) is 2. The van der Waals surface area contributed by atoms with Gasteiger partial charge in [-0.1, -0.05) is 34.1 Å². The predicted octanol–water partition coefficient (Wildman–Crippen LogP) is 4.01. The summed E-state index contributed by atoms with van der Waals surface area (Å²) in [4.78, 5) is 23.7. The number of methoxy groups -OCH3 is 2.